The van der Waals surface area contributed by atoms with Crippen molar-refractivity contribution in [2.75, 3.05) is 25.1 Å². The Morgan fingerprint density at radius 1 is 1.09 bits per heavy atom. The summed E-state index contributed by atoms with van der Waals surface area (Å²) in [6.07, 6.45) is -3.32. The summed E-state index contributed by atoms with van der Waals surface area (Å²) < 4.78 is 65.5. The van der Waals surface area contributed by atoms with Crippen molar-refractivity contribution in [3.63, 3.8) is 0 Å². The van der Waals surface area contributed by atoms with Crippen LogP contribution in [0, 0.1) is 5.82 Å². The van der Waals surface area contributed by atoms with Gasteiger partial charge in [-0.05, 0) is 42.3 Å². The minimum absolute atomic E-state index is 0.116. The van der Waals surface area contributed by atoms with Gasteiger partial charge in [-0.1, -0.05) is 12.1 Å². The summed E-state index contributed by atoms with van der Waals surface area (Å²) in [5, 5.41) is 0. The summed E-state index contributed by atoms with van der Waals surface area (Å²) in [5.74, 6) is -0.0824. The van der Waals surface area contributed by atoms with E-state index in [4.69, 9.17) is 9.47 Å². The lowest BCUT2D eigenvalue weighted by molar-refractivity contribution is -0.137. The predicted octanol–water partition coefficient (Wildman–Crippen LogP) is 4.65. The molecular weight excluding hydrogens is 442 g/mol. The van der Waals surface area contributed by atoms with Crippen LogP contribution in [-0.4, -0.2) is 29.8 Å². The molecule has 4 rings (SSSR count). The molecule has 6 nitrogen and oxygen atoms in total. The number of halogens is 4. The van der Waals surface area contributed by atoms with E-state index < -0.39 is 17.6 Å². The molecule has 3 aromatic rings. The average Bonchev–Trinajstić information content (AvgIpc) is 2.76. The lowest BCUT2D eigenvalue weighted by atomic mass is 10.1. The third-order valence-corrected chi connectivity index (χ3v) is 5.26. The van der Waals surface area contributed by atoms with Gasteiger partial charge in [0, 0.05) is 32.6 Å². The highest BCUT2D eigenvalue weighted by molar-refractivity contribution is 5.42. The fourth-order valence-electron chi connectivity index (χ4n) is 3.57. The predicted molar refractivity (Wildman–Crippen MR) is 114 cm³/mol. The fraction of sp³-hybridized carbons (Fsp3) is 0.304. The molecule has 0 N–H and O–H groups in total. The van der Waals surface area contributed by atoms with E-state index in [1.165, 1.54) is 24.3 Å². The summed E-state index contributed by atoms with van der Waals surface area (Å²) >= 11 is 0. The maximum absolute atomic E-state index is 14.5. The number of anilines is 1. The molecule has 174 valence electrons. The van der Waals surface area contributed by atoms with E-state index in [9.17, 15) is 22.4 Å². The van der Waals surface area contributed by atoms with Gasteiger partial charge in [-0.2, -0.15) is 18.2 Å². The largest absolute Gasteiger partial charge is 0.477 e. The molecule has 0 bridgehead atoms. The minimum atomic E-state index is -4.52. The number of alkyl halides is 3. The molecule has 0 spiro atoms. The molecule has 0 radical (unpaired) electrons. The first kappa shape index (κ1) is 22.6. The van der Waals surface area contributed by atoms with Crippen LogP contribution in [0.15, 0.2) is 53.3 Å². The van der Waals surface area contributed by atoms with Crippen LogP contribution in [0.25, 0.3) is 0 Å². The number of benzene rings is 2. The highest BCUT2D eigenvalue weighted by Gasteiger charge is 2.30. The van der Waals surface area contributed by atoms with Crippen molar-refractivity contribution in [1.29, 1.82) is 0 Å². The SMILES string of the molecule is CN1CCCn2c1cc(OCCc1ccc(Oc3cccc(C(F)(F)F)c3)c(F)c1)nc2=O. The van der Waals surface area contributed by atoms with Gasteiger partial charge in [0.1, 0.15) is 11.6 Å². The smallest absolute Gasteiger partial charge is 0.416 e. The Balaban J connectivity index is 1.39. The number of hydrogen-bond acceptors (Lipinski definition) is 5. The Hall–Kier alpha value is -3.56. The Labute approximate surface area is 187 Å². The molecule has 1 aromatic heterocycles. The molecule has 1 aliphatic rings. The van der Waals surface area contributed by atoms with Crippen molar-refractivity contribution in [2.24, 2.45) is 0 Å². The first-order valence-corrected chi connectivity index (χ1v) is 10.3. The molecule has 33 heavy (non-hydrogen) atoms. The molecule has 10 heteroatoms. The fourth-order valence-corrected chi connectivity index (χ4v) is 3.57. The van der Waals surface area contributed by atoms with Crippen LogP contribution < -0.4 is 20.1 Å². The van der Waals surface area contributed by atoms with Crippen molar-refractivity contribution in [3.8, 4) is 17.4 Å². The number of rotatable bonds is 6. The molecular formula is C23H21F4N3O3. The van der Waals surface area contributed by atoms with E-state index in [0.717, 1.165) is 30.9 Å². The van der Waals surface area contributed by atoms with Gasteiger partial charge < -0.3 is 14.4 Å². The molecule has 0 aliphatic carbocycles. The van der Waals surface area contributed by atoms with Gasteiger partial charge in [-0.25, -0.2) is 9.18 Å². The normalized spacial score (nSPS) is 13.5. The van der Waals surface area contributed by atoms with Crippen molar-refractivity contribution < 1.29 is 27.0 Å². The van der Waals surface area contributed by atoms with Gasteiger partial charge in [0.05, 0.1) is 12.2 Å². The summed E-state index contributed by atoms with van der Waals surface area (Å²) in [7, 11) is 1.89. The lowest BCUT2D eigenvalue weighted by Gasteiger charge is -2.28. The van der Waals surface area contributed by atoms with Gasteiger partial charge in [0.2, 0.25) is 5.88 Å². The quantitative estimate of drug-likeness (QED) is 0.498. The maximum atomic E-state index is 14.5. The van der Waals surface area contributed by atoms with Crippen LogP contribution >= 0.6 is 0 Å². The second kappa shape index (κ2) is 9.13. The van der Waals surface area contributed by atoms with Crippen LogP contribution in [0.3, 0.4) is 0 Å². The molecule has 0 unspecified atom stereocenters. The van der Waals surface area contributed by atoms with Gasteiger partial charge >= 0.3 is 11.9 Å². The van der Waals surface area contributed by atoms with Gasteiger partial charge in [0.25, 0.3) is 0 Å². The molecule has 0 amide bonds. The number of aromatic nitrogens is 2. The van der Waals surface area contributed by atoms with E-state index in [1.807, 2.05) is 11.9 Å². The summed E-state index contributed by atoms with van der Waals surface area (Å²) in [4.78, 5) is 18.1. The molecule has 0 saturated heterocycles. The van der Waals surface area contributed by atoms with Crippen LogP contribution in [0.1, 0.15) is 17.5 Å². The highest BCUT2D eigenvalue weighted by atomic mass is 19.4. The standard InChI is InChI=1S/C23H21F4N3O3/c1-29-9-3-10-30-21(29)14-20(28-22(30)31)32-11-8-15-6-7-19(18(24)12-15)33-17-5-2-4-16(13-17)23(25,26)27/h2,4-7,12-14H,3,8-11H2,1H3. The van der Waals surface area contributed by atoms with Crippen LogP contribution in [0.5, 0.6) is 17.4 Å². The number of ether oxygens (including phenoxy) is 2. The van der Waals surface area contributed by atoms with Gasteiger partial charge in [0.15, 0.2) is 11.6 Å². The molecule has 2 heterocycles. The molecule has 0 saturated carbocycles. The minimum Gasteiger partial charge on any atom is -0.477 e. The average molecular weight is 463 g/mol. The van der Waals surface area contributed by atoms with Crippen molar-refractivity contribution in [3.05, 3.63) is 76.0 Å². The van der Waals surface area contributed by atoms with Crippen LogP contribution in [0.4, 0.5) is 23.4 Å². The first-order valence-electron chi connectivity index (χ1n) is 10.3. The maximum Gasteiger partial charge on any atom is 0.416 e. The van der Waals surface area contributed by atoms with Crippen molar-refractivity contribution in [1.82, 2.24) is 9.55 Å². The van der Waals surface area contributed by atoms with E-state index in [-0.39, 0.29) is 29.7 Å². The van der Waals surface area contributed by atoms with Gasteiger partial charge in [-0.3, -0.25) is 4.57 Å². The number of fused-ring (bicyclic) bond motifs is 1. The van der Waals surface area contributed by atoms with Crippen LogP contribution in [0.2, 0.25) is 0 Å². The Bertz CT molecular complexity index is 1210. The van der Waals surface area contributed by atoms with E-state index in [2.05, 4.69) is 4.98 Å². The zero-order chi connectivity index (χ0) is 23.6. The molecule has 0 atom stereocenters. The number of nitrogens with zero attached hydrogens (tertiary/aromatic N) is 3. The monoisotopic (exact) mass is 463 g/mol. The lowest BCUT2D eigenvalue weighted by Crippen LogP contribution is -2.36. The molecule has 2 aromatic carbocycles. The Kier molecular flexibility index (Phi) is 6.26. The Morgan fingerprint density at radius 3 is 2.67 bits per heavy atom. The zero-order valence-electron chi connectivity index (χ0n) is 17.7. The second-order valence-corrected chi connectivity index (χ2v) is 7.65. The van der Waals surface area contributed by atoms with E-state index in [0.29, 0.717) is 18.5 Å². The highest BCUT2D eigenvalue weighted by Crippen LogP contribution is 2.33. The zero-order valence-corrected chi connectivity index (χ0v) is 17.7. The van der Waals surface area contributed by atoms with Gasteiger partial charge in [-0.15, -0.1) is 0 Å². The molecule has 1 aliphatic heterocycles. The van der Waals surface area contributed by atoms with Crippen molar-refractivity contribution >= 4 is 5.82 Å². The van der Waals surface area contributed by atoms with E-state index in [1.54, 1.807) is 16.7 Å². The van der Waals surface area contributed by atoms with Crippen molar-refractivity contribution in [2.45, 2.75) is 25.6 Å². The summed E-state index contributed by atoms with van der Waals surface area (Å²) in [6.45, 7) is 1.60. The topological polar surface area (TPSA) is 56.6 Å². The third kappa shape index (κ3) is 5.27. The summed E-state index contributed by atoms with van der Waals surface area (Å²) in [6, 6.07) is 10.1. The third-order valence-electron chi connectivity index (χ3n) is 5.26. The first-order chi connectivity index (χ1) is 15.7. The number of hydrogen-bond donors (Lipinski definition) is 0. The molecule has 0 fully saturated rings. The van der Waals surface area contributed by atoms with E-state index >= 15 is 0 Å². The summed E-state index contributed by atoms with van der Waals surface area (Å²) in [5.41, 5.74) is -0.664. The second-order valence-electron chi connectivity index (χ2n) is 7.65. The van der Waals surface area contributed by atoms with Crippen LogP contribution in [-0.2, 0) is 19.1 Å². The Morgan fingerprint density at radius 2 is 1.91 bits per heavy atom.